The van der Waals surface area contributed by atoms with Crippen LogP contribution in [0.15, 0.2) is 24.3 Å². The molecule has 120 valence electrons. The zero-order chi connectivity index (χ0) is 15.4. The van der Waals surface area contributed by atoms with Crippen LogP contribution in [0.25, 0.3) is 0 Å². The van der Waals surface area contributed by atoms with E-state index >= 15 is 0 Å². The van der Waals surface area contributed by atoms with Crippen molar-refractivity contribution in [2.24, 2.45) is 17.8 Å². The summed E-state index contributed by atoms with van der Waals surface area (Å²) in [5, 5.41) is 0. The van der Waals surface area contributed by atoms with Crippen LogP contribution in [0.3, 0.4) is 0 Å². The van der Waals surface area contributed by atoms with E-state index < -0.39 is 0 Å². The quantitative estimate of drug-likeness (QED) is 0.439. The molecule has 1 aromatic rings. The van der Waals surface area contributed by atoms with Crippen LogP contribution in [-0.4, -0.2) is 19.4 Å². The molecule has 22 heavy (non-hydrogen) atoms. The SMILES string of the molecule is CCOCOc1ccc(COC(=O)C2[C@H]3CCCC[C@H]23)cc1. The van der Waals surface area contributed by atoms with Crippen LogP contribution in [0.5, 0.6) is 5.75 Å². The topological polar surface area (TPSA) is 44.8 Å². The van der Waals surface area contributed by atoms with Gasteiger partial charge in [-0.15, -0.1) is 0 Å². The predicted octanol–water partition coefficient (Wildman–Crippen LogP) is 3.54. The molecule has 0 bridgehead atoms. The summed E-state index contributed by atoms with van der Waals surface area (Å²) in [6.07, 6.45) is 4.95. The molecule has 0 spiro atoms. The molecule has 0 N–H and O–H groups in total. The molecule has 2 aliphatic carbocycles. The average molecular weight is 304 g/mol. The highest BCUT2D eigenvalue weighted by atomic mass is 16.7. The van der Waals surface area contributed by atoms with Gasteiger partial charge in [0.25, 0.3) is 0 Å². The Balaban J connectivity index is 1.42. The van der Waals surface area contributed by atoms with E-state index in [-0.39, 0.29) is 18.7 Å². The van der Waals surface area contributed by atoms with Crippen molar-refractivity contribution in [3.63, 3.8) is 0 Å². The lowest BCUT2D eigenvalue weighted by Crippen LogP contribution is -2.09. The Morgan fingerprint density at radius 1 is 1.14 bits per heavy atom. The molecular formula is C18H24O4. The number of fused-ring (bicyclic) bond motifs is 1. The van der Waals surface area contributed by atoms with E-state index in [1.807, 2.05) is 31.2 Å². The molecule has 0 unspecified atom stereocenters. The summed E-state index contributed by atoms with van der Waals surface area (Å²) < 4.78 is 16.0. The van der Waals surface area contributed by atoms with E-state index in [0.29, 0.717) is 25.0 Å². The maximum atomic E-state index is 12.1. The first-order chi connectivity index (χ1) is 10.8. The van der Waals surface area contributed by atoms with Crippen LogP contribution in [0.4, 0.5) is 0 Å². The highest BCUT2D eigenvalue weighted by Crippen LogP contribution is 2.55. The molecule has 2 atom stereocenters. The zero-order valence-electron chi connectivity index (χ0n) is 13.1. The van der Waals surface area contributed by atoms with Gasteiger partial charge in [0.15, 0.2) is 6.79 Å². The second kappa shape index (κ2) is 7.14. The van der Waals surface area contributed by atoms with E-state index in [0.717, 1.165) is 11.3 Å². The minimum Gasteiger partial charge on any atom is -0.468 e. The minimum atomic E-state index is -0.00595. The van der Waals surface area contributed by atoms with Crippen LogP contribution in [0.1, 0.15) is 38.2 Å². The Kier molecular flexibility index (Phi) is 4.98. The molecule has 1 aromatic carbocycles. The van der Waals surface area contributed by atoms with Gasteiger partial charge >= 0.3 is 5.97 Å². The van der Waals surface area contributed by atoms with Gasteiger partial charge in [-0.25, -0.2) is 0 Å². The standard InChI is InChI=1S/C18H24O4/c1-2-20-12-22-14-9-7-13(8-10-14)11-21-18(19)17-15-5-3-4-6-16(15)17/h7-10,15-17H,2-6,11-12H2,1H3/t15-,16-/m0/s1. The number of carbonyl (C=O) groups excluding carboxylic acids is 1. The van der Waals surface area contributed by atoms with Gasteiger partial charge in [-0.1, -0.05) is 25.0 Å². The molecule has 3 rings (SSSR count). The molecule has 0 aromatic heterocycles. The lowest BCUT2D eigenvalue weighted by atomic mass is 10.0. The minimum absolute atomic E-state index is 0.00595. The van der Waals surface area contributed by atoms with Crippen LogP contribution >= 0.6 is 0 Å². The number of benzene rings is 1. The van der Waals surface area contributed by atoms with E-state index in [4.69, 9.17) is 14.2 Å². The maximum Gasteiger partial charge on any atom is 0.309 e. The van der Waals surface area contributed by atoms with Gasteiger partial charge in [0.05, 0.1) is 5.92 Å². The first kappa shape index (κ1) is 15.3. The Bertz CT molecular complexity index is 484. The third-order valence-electron chi connectivity index (χ3n) is 4.75. The predicted molar refractivity (Wildman–Crippen MR) is 82.3 cm³/mol. The smallest absolute Gasteiger partial charge is 0.309 e. The summed E-state index contributed by atoms with van der Waals surface area (Å²) in [5.74, 6) is 2.15. The molecule has 0 heterocycles. The van der Waals surface area contributed by atoms with Gasteiger partial charge < -0.3 is 14.2 Å². The third kappa shape index (κ3) is 3.61. The van der Waals surface area contributed by atoms with Crippen molar-refractivity contribution in [1.29, 1.82) is 0 Å². The summed E-state index contributed by atoms with van der Waals surface area (Å²) in [5.41, 5.74) is 0.987. The second-order valence-electron chi connectivity index (χ2n) is 6.14. The van der Waals surface area contributed by atoms with Crippen LogP contribution in [0, 0.1) is 17.8 Å². The maximum absolute atomic E-state index is 12.1. The normalized spacial score (nSPS) is 26.1. The summed E-state index contributed by atoms with van der Waals surface area (Å²) in [6.45, 7) is 3.17. The van der Waals surface area contributed by atoms with Crippen molar-refractivity contribution in [2.75, 3.05) is 13.4 Å². The summed E-state index contributed by atoms with van der Waals surface area (Å²) in [7, 11) is 0. The summed E-state index contributed by atoms with van der Waals surface area (Å²) >= 11 is 0. The number of carbonyl (C=O) groups is 1. The molecular weight excluding hydrogens is 280 g/mol. The molecule has 0 aliphatic heterocycles. The van der Waals surface area contributed by atoms with E-state index in [1.165, 1.54) is 25.7 Å². The molecule has 2 saturated carbocycles. The van der Waals surface area contributed by atoms with Gasteiger partial charge in [-0.05, 0) is 49.3 Å². The highest BCUT2D eigenvalue weighted by Gasteiger charge is 2.55. The van der Waals surface area contributed by atoms with Gasteiger partial charge in [0.1, 0.15) is 12.4 Å². The summed E-state index contributed by atoms with van der Waals surface area (Å²) in [4.78, 5) is 12.1. The number of ether oxygens (including phenoxy) is 3. The van der Waals surface area contributed by atoms with Crippen molar-refractivity contribution in [1.82, 2.24) is 0 Å². The Morgan fingerprint density at radius 3 is 2.45 bits per heavy atom. The number of rotatable bonds is 7. The van der Waals surface area contributed by atoms with Crippen molar-refractivity contribution in [3.8, 4) is 5.75 Å². The Labute approximate surface area is 131 Å². The number of hydrogen-bond acceptors (Lipinski definition) is 4. The number of esters is 1. The second-order valence-corrected chi connectivity index (χ2v) is 6.14. The molecule has 0 saturated heterocycles. The van der Waals surface area contributed by atoms with E-state index in [1.54, 1.807) is 0 Å². The Morgan fingerprint density at radius 2 is 1.82 bits per heavy atom. The average Bonchev–Trinajstić information content (AvgIpc) is 3.28. The third-order valence-corrected chi connectivity index (χ3v) is 4.75. The van der Waals surface area contributed by atoms with Gasteiger partial charge in [-0.2, -0.15) is 0 Å². The Hall–Kier alpha value is -1.55. The van der Waals surface area contributed by atoms with E-state index in [9.17, 15) is 4.79 Å². The van der Waals surface area contributed by atoms with Crippen molar-refractivity contribution < 1.29 is 19.0 Å². The van der Waals surface area contributed by atoms with Crippen molar-refractivity contribution >= 4 is 5.97 Å². The van der Waals surface area contributed by atoms with Gasteiger partial charge in [0.2, 0.25) is 0 Å². The fraction of sp³-hybridized carbons (Fsp3) is 0.611. The lowest BCUT2D eigenvalue weighted by molar-refractivity contribution is -0.147. The molecule has 2 aliphatic rings. The van der Waals surface area contributed by atoms with Crippen LogP contribution < -0.4 is 4.74 Å². The lowest BCUT2D eigenvalue weighted by Gasteiger charge is -2.08. The first-order valence-corrected chi connectivity index (χ1v) is 8.25. The molecule has 0 amide bonds. The monoisotopic (exact) mass is 304 g/mol. The molecule has 4 heteroatoms. The van der Waals surface area contributed by atoms with Crippen molar-refractivity contribution in [3.05, 3.63) is 29.8 Å². The van der Waals surface area contributed by atoms with Gasteiger partial charge in [0, 0.05) is 6.61 Å². The molecule has 4 nitrogen and oxygen atoms in total. The van der Waals surface area contributed by atoms with Crippen molar-refractivity contribution in [2.45, 2.75) is 39.2 Å². The number of hydrogen-bond donors (Lipinski definition) is 0. The van der Waals surface area contributed by atoms with Crippen LogP contribution in [0.2, 0.25) is 0 Å². The highest BCUT2D eigenvalue weighted by molar-refractivity contribution is 5.76. The first-order valence-electron chi connectivity index (χ1n) is 8.25. The molecule has 2 fully saturated rings. The fourth-order valence-corrected chi connectivity index (χ4v) is 3.47. The zero-order valence-corrected chi connectivity index (χ0v) is 13.1. The summed E-state index contributed by atoms with van der Waals surface area (Å²) in [6, 6.07) is 7.60. The fourth-order valence-electron chi connectivity index (χ4n) is 3.47. The molecule has 0 radical (unpaired) electrons. The largest absolute Gasteiger partial charge is 0.468 e. The van der Waals surface area contributed by atoms with Crippen LogP contribution in [-0.2, 0) is 20.9 Å². The van der Waals surface area contributed by atoms with Gasteiger partial charge in [-0.3, -0.25) is 4.79 Å². The van der Waals surface area contributed by atoms with E-state index in [2.05, 4.69) is 0 Å².